The zero-order chi connectivity index (χ0) is 18.6. The number of carbonyl (C=O) groups is 1. The molecule has 25 heavy (non-hydrogen) atoms. The van der Waals surface area contributed by atoms with E-state index in [1.165, 1.54) is 11.3 Å². The first-order valence-electron chi connectivity index (χ1n) is 7.52. The summed E-state index contributed by atoms with van der Waals surface area (Å²) in [6.07, 6.45) is 1.77. The fourth-order valence-electron chi connectivity index (χ4n) is 2.20. The number of hydrogen-bond acceptors (Lipinski definition) is 7. The Bertz CT molecular complexity index is 912. The molecule has 0 saturated heterocycles. The molecule has 2 aromatic rings. The molecule has 1 aromatic heterocycles. The average molecular weight is 378 g/mol. The summed E-state index contributed by atoms with van der Waals surface area (Å²) in [5.74, 6) is -0.737. The Morgan fingerprint density at radius 2 is 2.00 bits per heavy atom. The van der Waals surface area contributed by atoms with E-state index in [1.807, 2.05) is 28.7 Å². The highest BCUT2D eigenvalue weighted by Gasteiger charge is 2.21. The average Bonchev–Trinajstić information content (AvgIpc) is 2.93. The number of rotatable bonds is 6. The van der Waals surface area contributed by atoms with Crippen molar-refractivity contribution in [3.63, 3.8) is 0 Å². The third-order valence-corrected chi connectivity index (χ3v) is 4.81. The summed E-state index contributed by atoms with van der Waals surface area (Å²) >= 11 is 1.32. The van der Waals surface area contributed by atoms with E-state index < -0.39 is 15.9 Å². The van der Waals surface area contributed by atoms with Gasteiger partial charge in [-0.3, -0.25) is 4.79 Å². The van der Waals surface area contributed by atoms with Gasteiger partial charge in [0.2, 0.25) is 10.0 Å². The van der Waals surface area contributed by atoms with E-state index in [4.69, 9.17) is 5.26 Å². The van der Waals surface area contributed by atoms with E-state index in [0.29, 0.717) is 22.1 Å². The van der Waals surface area contributed by atoms with E-state index >= 15 is 0 Å². The first kappa shape index (κ1) is 18.9. The zero-order valence-corrected chi connectivity index (χ0v) is 15.7. The van der Waals surface area contributed by atoms with Crippen molar-refractivity contribution >= 4 is 38.1 Å². The fourth-order valence-corrected chi connectivity index (χ4v) is 3.59. The first-order valence-corrected chi connectivity index (χ1v) is 10.2. The standard InChI is InChI=1S/C16H18N4O3S2/c1-4-9-20(13-7-5-12(10-17)6-8-13)16-18-14(11(2)24-16)15(21)19-25(3,22)23/h5-8H,4,9H2,1-3H3,(H,19,21). The third kappa shape index (κ3) is 4.78. The van der Waals surface area contributed by atoms with Crippen molar-refractivity contribution in [3.05, 3.63) is 40.4 Å². The summed E-state index contributed by atoms with van der Waals surface area (Å²) in [6.45, 7) is 4.42. The van der Waals surface area contributed by atoms with Gasteiger partial charge in [0, 0.05) is 17.1 Å². The number of nitriles is 1. The minimum atomic E-state index is -3.65. The van der Waals surface area contributed by atoms with Gasteiger partial charge in [-0.15, -0.1) is 11.3 Å². The monoisotopic (exact) mass is 378 g/mol. The van der Waals surface area contributed by atoms with Crippen LogP contribution in [0.4, 0.5) is 10.8 Å². The molecule has 1 heterocycles. The van der Waals surface area contributed by atoms with Crippen LogP contribution in [0.1, 0.15) is 34.3 Å². The van der Waals surface area contributed by atoms with Gasteiger partial charge in [-0.25, -0.2) is 18.1 Å². The van der Waals surface area contributed by atoms with Crippen LogP contribution in [0.3, 0.4) is 0 Å². The van der Waals surface area contributed by atoms with Gasteiger partial charge < -0.3 is 4.90 Å². The molecule has 0 fully saturated rings. The molecule has 2 rings (SSSR count). The molecule has 1 aromatic carbocycles. The third-order valence-electron chi connectivity index (χ3n) is 3.26. The highest BCUT2D eigenvalue weighted by Crippen LogP contribution is 2.32. The first-order chi connectivity index (χ1) is 11.7. The van der Waals surface area contributed by atoms with Gasteiger partial charge in [0.1, 0.15) is 5.69 Å². The van der Waals surface area contributed by atoms with Gasteiger partial charge in [-0.2, -0.15) is 5.26 Å². The zero-order valence-electron chi connectivity index (χ0n) is 14.1. The number of anilines is 2. The molecule has 0 bridgehead atoms. The summed E-state index contributed by atoms with van der Waals surface area (Å²) in [5, 5.41) is 9.51. The summed E-state index contributed by atoms with van der Waals surface area (Å²) in [4.78, 5) is 19.0. The number of benzene rings is 1. The summed E-state index contributed by atoms with van der Waals surface area (Å²) in [6, 6.07) is 9.15. The molecule has 7 nitrogen and oxygen atoms in total. The molecule has 0 aliphatic rings. The second-order valence-electron chi connectivity index (χ2n) is 5.41. The Hall–Kier alpha value is -2.44. The topological polar surface area (TPSA) is 103 Å². The van der Waals surface area contributed by atoms with Gasteiger partial charge in [-0.1, -0.05) is 6.92 Å². The molecule has 1 N–H and O–H groups in total. The molecule has 0 radical (unpaired) electrons. The van der Waals surface area contributed by atoms with E-state index in [2.05, 4.69) is 11.1 Å². The van der Waals surface area contributed by atoms with E-state index in [-0.39, 0.29) is 5.69 Å². The van der Waals surface area contributed by atoms with Crippen LogP contribution in [0, 0.1) is 18.3 Å². The van der Waals surface area contributed by atoms with E-state index in [1.54, 1.807) is 19.1 Å². The number of amides is 1. The maximum Gasteiger partial charge on any atom is 0.284 e. The van der Waals surface area contributed by atoms with Crippen molar-refractivity contribution in [2.45, 2.75) is 20.3 Å². The lowest BCUT2D eigenvalue weighted by Crippen LogP contribution is -2.30. The van der Waals surface area contributed by atoms with Crippen LogP contribution >= 0.6 is 11.3 Å². The molecule has 0 unspecified atom stereocenters. The van der Waals surface area contributed by atoms with Crippen molar-refractivity contribution in [3.8, 4) is 6.07 Å². The van der Waals surface area contributed by atoms with Gasteiger partial charge >= 0.3 is 0 Å². The number of aryl methyl sites for hydroxylation is 1. The van der Waals surface area contributed by atoms with Crippen molar-refractivity contribution in [2.75, 3.05) is 17.7 Å². The van der Waals surface area contributed by atoms with E-state index in [9.17, 15) is 13.2 Å². The Labute approximate surface area is 151 Å². The molecule has 0 atom stereocenters. The number of nitrogens with one attached hydrogen (secondary N) is 1. The lowest BCUT2D eigenvalue weighted by molar-refractivity contribution is 0.0977. The molecule has 0 aliphatic heterocycles. The minimum Gasteiger partial charge on any atom is -0.318 e. The molecule has 0 saturated carbocycles. The number of aromatic nitrogens is 1. The number of sulfonamides is 1. The molecular formula is C16H18N4O3S2. The smallest absolute Gasteiger partial charge is 0.284 e. The lowest BCUT2D eigenvalue weighted by atomic mass is 10.2. The molecular weight excluding hydrogens is 360 g/mol. The van der Waals surface area contributed by atoms with Crippen molar-refractivity contribution in [1.82, 2.24) is 9.71 Å². The number of nitrogens with zero attached hydrogens (tertiary/aromatic N) is 3. The highest BCUT2D eigenvalue weighted by atomic mass is 32.2. The van der Waals surface area contributed by atoms with Crippen molar-refractivity contribution in [1.29, 1.82) is 5.26 Å². The van der Waals surface area contributed by atoms with Crippen LogP contribution in [0.15, 0.2) is 24.3 Å². The van der Waals surface area contributed by atoms with Gasteiger partial charge in [0.05, 0.1) is 17.9 Å². The Kier molecular flexibility index (Phi) is 5.77. The van der Waals surface area contributed by atoms with Crippen LogP contribution in [-0.4, -0.2) is 32.1 Å². The number of carbonyl (C=O) groups excluding carboxylic acids is 1. The maximum atomic E-state index is 12.1. The Balaban J connectivity index is 2.37. The van der Waals surface area contributed by atoms with Crippen LogP contribution in [-0.2, 0) is 10.0 Å². The van der Waals surface area contributed by atoms with Crippen LogP contribution < -0.4 is 9.62 Å². The second-order valence-corrected chi connectivity index (χ2v) is 8.34. The SMILES string of the molecule is CCCN(c1ccc(C#N)cc1)c1nc(C(=O)NS(C)(=O)=O)c(C)s1. The van der Waals surface area contributed by atoms with Crippen LogP contribution in [0.5, 0.6) is 0 Å². The minimum absolute atomic E-state index is 0.0974. The predicted molar refractivity (Wildman–Crippen MR) is 97.6 cm³/mol. The predicted octanol–water partition coefficient (Wildman–Crippen LogP) is 2.56. The highest BCUT2D eigenvalue weighted by molar-refractivity contribution is 7.89. The quantitative estimate of drug-likeness (QED) is 0.828. The second kappa shape index (κ2) is 7.63. The van der Waals surface area contributed by atoms with Crippen LogP contribution in [0.2, 0.25) is 0 Å². The maximum absolute atomic E-state index is 12.1. The molecule has 1 amide bonds. The van der Waals surface area contributed by atoms with Crippen molar-refractivity contribution < 1.29 is 13.2 Å². The Morgan fingerprint density at radius 3 is 2.52 bits per heavy atom. The molecule has 0 aliphatic carbocycles. The number of hydrogen-bond donors (Lipinski definition) is 1. The number of thiazole rings is 1. The summed E-state index contributed by atoms with van der Waals surface area (Å²) < 4.78 is 24.5. The van der Waals surface area contributed by atoms with Gasteiger partial charge in [-0.05, 0) is 37.6 Å². The fraction of sp³-hybridized carbons (Fsp3) is 0.312. The van der Waals surface area contributed by atoms with E-state index in [0.717, 1.165) is 18.4 Å². The van der Waals surface area contributed by atoms with Gasteiger partial charge in [0.15, 0.2) is 5.13 Å². The van der Waals surface area contributed by atoms with Crippen LogP contribution in [0.25, 0.3) is 0 Å². The molecule has 9 heteroatoms. The summed E-state index contributed by atoms with van der Waals surface area (Å²) in [7, 11) is -3.65. The molecule has 0 spiro atoms. The normalized spacial score (nSPS) is 11.0. The molecule has 132 valence electrons. The summed E-state index contributed by atoms with van der Waals surface area (Å²) in [5.41, 5.74) is 1.51. The van der Waals surface area contributed by atoms with Gasteiger partial charge in [0.25, 0.3) is 5.91 Å². The Morgan fingerprint density at radius 1 is 1.36 bits per heavy atom. The van der Waals surface area contributed by atoms with Crippen molar-refractivity contribution in [2.24, 2.45) is 0 Å². The largest absolute Gasteiger partial charge is 0.318 e. The lowest BCUT2D eigenvalue weighted by Gasteiger charge is -2.21.